The first-order chi connectivity index (χ1) is 17.5. The fourth-order valence-electron chi connectivity index (χ4n) is 5.17. The number of fused-ring (bicyclic) bond motifs is 1. The van der Waals surface area contributed by atoms with Crippen LogP contribution in [0.4, 0.5) is 14.5 Å². The first-order valence-corrected chi connectivity index (χ1v) is 12.4. The van der Waals surface area contributed by atoms with Gasteiger partial charge in [0, 0.05) is 60.3 Å². The summed E-state index contributed by atoms with van der Waals surface area (Å²) >= 11 is 0. The van der Waals surface area contributed by atoms with Gasteiger partial charge in [-0.3, -0.25) is 19.4 Å². The number of carbonyl (C=O) groups excluding carboxylic acids is 1. The molecule has 1 amide bonds. The number of halogens is 2. The second-order valence-electron chi connectivity index (χ2n) is 10.7. The van der Waals surface area contributed by atoms with Crippen molar-refractivity contribution in [2.45, 2.75) is 44.7 Å². The van der Waals surface area contributed by atoms with Crippen molar-refractivity contribution in [3.8, 4) is 0 Å². The first-order valence-electron chi connectivity index (χ1n) is 12.4. The molecule has 4 heterocycles. The summed E-state index contributed by atoms with van der Waals surface area (Å²) in [7, 11) is 0. The van der Waals surface area contributed by atoms with Crippen LogP contribution in [0.15, 0.2) is 67.3 Å². The van der Waals surface area contributed by atoms with E-state index in [9.17, 15) is 4.79 Å². The smallest absolute Gasteiger partial charge is 0.314 e. The van der Waals surface area contributed by atoms with E-state index in [0.29, 0.717) is 31.9 Å². The number of nitrogens with one attached hydrogen (secondary N) is 1. The number of nitrogens with zero attached hydrogens (tertiary/aromatic N) is 5. The van der Waals surface area contributed by atoms with Gasteiger partial charge in [0.05, 0.1) is 25.0 Å². The van der Waals surface area contributed by atoms with Gasteiger partial charge in [-0.05, 0) is 18.6 Å². The van der Waals surface area contributed by atoms with Crippen molar-refractivity contribution in [3.05, 3.63) is 89.6 Å². The van der Waals surface area contributed by atoms with Gasteiger partial charge in [0.15, 0.2) is 0 Å². The predicted molar refractivity (Wildman–Crippen MR) is 139 cm³/mol. The van der Waals surface area contributed by atoms with E-state index >= 15 is 8.78 Å². The molecule has 1 saturated heterocycles. The summed E-state index contributed by atoms with van der Waals surface area (Å²) in [6, 6.07) is 9.05. The van der Waals surface area contributed by atoms with Gasteiger partial charge in [-0.25, -0.2) is 0 Å². The molecule has 3 aromatic rings. The Bertz CT molecular complexity index is 1320. The number of hydrogen-bond donors (Lipinski definition) is 1. The molecule has 194 valence electrons. The van der Waals surface area contributed by atoms with Crippen molar-refractivity contribution in [1.29, 1.82) is 0 Å². The van der Waals surface area contributed by atoms with Crippen LogP contribution in [0.1, 0.15) is 36.2 Å². The second-order valence-corrected chi connectivity index (χ2v) is 10.7. The number of benzene rings is 1. The summed E-state index contributed by atoms with van der Waals surface area (Å²) in [5.74, 6) is -3.41. The van der Waals surface area contributed by atoms with E-state index in [1.54, 1.807) is 23.1 Å². The van der Waals surface area contributed by atoms with Crippen LogP contribution in [0.2, 0.25) is 0 Å². The number of alkyl halides is 2. The van der Waals surface area contributed by atoms with E-state index in [1.807, 2.05) is 37.8 Å². The number of aryl methyl sites for hydroxylation is 1. The lowest BCUT2D eigenvalue weighted by atomic mass is 9.88. The van der Waals surface area contributed by atoms with Crippen LogP contribution in [-0.2, 0) is 22.7 Å². The molecule has 2 aliphatic heterocycles. The van der Waals surface area contributed by atoms with Crippen LogP contribution in [0.25, 0.3) is 0 Å². The van der Waals surface area contributed by atoms with Crippen LogP contribution >= 0.6 is 0 Å². The van der Waals surface area contributed by atoms with Crippen molar-refractivity contribution >= 4 is 11.6 Å². The van der Waals surface area contributed by atoms with E-state index in [2.05, 4.69) is 26.9 Å². The zero-order valence-corrected chi connectivity index (χ0v) is 21.4. The lowest BCUT2D eigenvalue weighted by Gasteiger charge is -2.37. The number of aromatic nitrogens is 3. The van der Waals surface area contributed by atoms with Gasteiger partial charge >= 0.3 is 5.92 Å². The fraction of sp³-hybridized carbons (Fsp3) is 0.393. The molecule has 7 nitrogen and oxygen atoms in total. The molecule has 2 aliphatic rings. The molecule has 1 atom stereocenters. The second kappa shape index (κ2) is 9.37. The SMILES string of the molecule is C=C1CN(CC(=O)N2CC(C)(C)c3cnc(C(F)(F)c4ccccc4)cc32)[C@@H](Cn2cc(C)cn2)CN1. The molecule has 0 aliphatic carbocycles. The summed E-state index contributed by atoms with van der Waals surface area (Å²) < 4.78 is 32.6. The van der Waals surface area contributed by atoms with Crippen LogP contribution in [0.3, 0.4) is 0 Å². The Kier molecular flexibility index (Phi) is 6.35. The molecule has 0 unspecified atom stereocenters. The number of amides is 1. The van der Waals surface area contributed by atoms with Gasteiger partial charge in [-0.2, -0.15) is 13.9 Å². The molecule has 1 N–H and O–H groups in total. The molecule has 1 aromatic carbocycles. The third-order valence-electron chi connectivity index (χ3n) is 7.21. The summed E-state index contributed by atoms with van der Waals surface area (Å²) in [6.07, 6.45) is 5.29. The Labute approximate surface area is 215 Å². The summed E-state index contributed by atoms with van der Waals surface area (Å²) in [5.41, 5.74) is 2.31. The Morgan fingerprint density at radius 1 is 1.24 bits per heavy atom. The fourth-order valence-corrected chi connectivity index (χ4v) is 5.17. The zero-order valence-electron chi connectivity index (χ0n) is 21.4. The number of rotatable bonds is 6. The van der Waals surface area contributed by atoms with Gasteiger partial charge in [0.2, 0.25) is 5.91 Å². The number of piperazine rings is 1. The normalized spacial score (nSPS) is 19.5. The van der Waals surface area contributed by atoms with Crippen LogP contribution in [0.5, 0.6) is 0 Å². The lowest BCUT2D eigenvalue weighted by molar-refractivity contribution is -0.120. The maximum atomic E-state index is 15.4. The van der Waals surface area contributed by atoms with E-state index in [4.69, 9.17) is 0 Å². The molecule has 5 rings (SSSR count). The minimum atomic E-state index is -3.28. The van der Waals surface area contributed by atoms with Gasteiger partial charge < -0.3 is 10.2 Å². The van der Waals surface area contributed by atoms with Gasteiger partial charge in [0.25, 0.3) is 0 Å². The quantitative estimate of drug-likeness (QED) is 0.551. The predicted octanol–water partition coefficient (Wildman–Crippen LogP) is 3.84. The Morgan fingerprint density at radius 2 is 2.00 bits per heavy atom. The average molecular weight is 507 g/mol. The van der Waals surface area contributed by atoms with Crippen LogP contribution in [-0.4, -0.2) is 57.8 Å². The summed E-state index contributed by atoms with van der Waals surface area (Å²) in [6.45, 7) is 12.4. The van der Waals surface area contributed by atoms with Crippen molar-refractivity contribution in [2.75, 3.05) is 31.1 Å². The zero-order chi connectivity index (χ0) is 26.4. The number of hydrogen-bond acceptors (Lipinski definition) is 5. The van der Waals surface area contributed by atoms with Crippen molar-refractivity contribution in [1.82, 2.24) is 25.0 Å². The maximum Gasteiger partial charge on any atom is 0.314 e. The molecule has 0 saturated carbocycles. The first kappa shape index (κ1) is 25.1. The van der Waals surface area contributed by atoms with Gasteiger partial charge in [-0.1, -0.05) is 50.8 Å². The maximum absolute atomic E-state index is 15.4. The van der Waals surface area contributed by atoms with Gasteiger partial charge in [0.1, 0.15) is 5.69 Å². The molecule has 0 radical (unpaired) electrons. The molecule has 0 bridgehead atoms. The monoisotopic (exact) mass is 506 g/mol. The van der Waals surface area contributed by atoms with Gasteiger partial charge in [-0.15, -0.1) is 0 Å². The minimum Gasteiger partial charge on any atom is -0.386 e. The highest BCUT2D eigenvalue weighted by Crippen LogP contribution is 2.43. The number of carbonyl (C=O) groups is 1. The minimum absolute atomic E-state index is 0.0271. The summed E-state index contributed by atoms with van der Waals surface area (Å²) in [4.78, 5) is 21.6. The molecule has 1 fully saturated rings. The lowest BCUT2D eigenvalue weighted by Crippen LogP contribution is -2.55. The van der Waals surface area contributed by atoms with E-state index < -0.39 is 11.3 Å². The molecule has 0 spiro atoms. The van der Waals surface area contributed by atoms with Crippen molar-refractivity contribution in [3.63, 3.8) is 0 Å². The van der Waals surface area contributed by atoms with Crippen molar-refractivity contribution < 1.29 is 13.6 Å². The Morgan fingerprint density at radius 3 is 2.70 bits per heavy atom. The largest absolute Gasteiger partial charge is 0.386 e. The molecular weight excluding hydrogens is 474 g/mol. The molecule has 2 aromatic heterocycles. The Balaban J connectivity index is 1.41. The molecule has 37 heavy (non-hydrogen) atoms. The van der Waals surface area contributed by atoms with Crippen molar-refractivity contribution in [2.24, 2.45) is 0 Å². The highest BCUT2D eigenvalue weighted by atomic mass is 19.3. The number of anilines is 1. The standard InChI is InChI=1S/C28H32F2N6O/c1-19-11-33-35(14-19)16-22-12-31-20(2)15-34(22)17-26(37)36-18-27(3,4)23-13-32-25(10-24(23)36)28(29,30)21-8-6-5-7-9-21/h5-11,13-14,22,31H,2,12,15-18H2,1,3-4H3/t22-/m1/s1. The van der Waals surface area contributed by atoms with E-state index in [1.165, 1.54) is 24.4 Å². The topological polar surface area (TPSA) is 66.3 Å². The third-order valence-corrected chi connectivity index (χ3v) is 7.21. The summed E-state index contributed by atoms with van der Waals surface area (Å²) in [5, 5.41) is 7.70. The highest BCUT2D eigenvalue weighted by molar-refractivity contribution is 5.97. The van der Waals surface area contributed by atoms with Crippen LogP contribution < -0.4 is 10.2 Å². The molecular formula is C28H32F2N6O. The number of pyridine rings is 1. The molecule has 9 heteroatoms. The van der Waals surface area contributed by atoms with E-state index in [-0.39, 0.29) is 29.8 Å². The van der Waals surface area contributed by atoms with Crippen LogP contribution in [0, 0.1) is 6.92 Å². The average Bonchev–Trinajstić information content (AvgIpc) is 3.40. The Hall–Kier alpha value is -3.59. The third kappa shape index (κ3) is 4.87. The van der Waals surface area contributed by atoms with E-state index in [0.717, 1.165) is 16.8 Å². The highest BCUT2D eigenvalue weighted by Gasteiger charge is 2.43.